The van der Waals surface area contributed by atoms with Crippen LogP contribution in [0.15, 0.2) is 182 Å². The molecule has 0 atom stereocenters. The van der Waals surface area contributed by atoms with Crippen LogP contribution in [-0.2, 0) is 0 Å². The molecular formula is C36H32GeP2+2. The summed E-state index contributed by atoms with van der Waals surface area (Å²) in [5, 5.41) is 8.61. The minimum atomic E-state index is -0.877. The molecule has 0 aliphatic carbocycles. The van der Waals surface area contributed by atoms with Crippen molar-refractivity contribution in [2.24, 2.45) is 0 Å². The maximum Gasteiger partial charge on any atom is 0.102 e. The molecule has 4 radical (unpaired) electrons. The van der Waals surface area contributed by atoms with Gasteiger partial charge in [0.15, 0.2) is 0 Å². The summed E-state index contributed by atoms with van der Waals surface area (Å²) in [7, 11) is -1.75. The Morgan fingerprint density at radius 2 is 0.333 bits per heavy atom. The van der Waals surface area contributed by atoms with Crippen molar-refractivity contribution in [1.82, 2.24) is 0 Å². The van der Waals surface area contributed by atoms with E-state index in [-0.39, 0.29) is 17.6 Å². The van der Waals surface area contributed by atoms with Gasteiger partial charge in [0, 0.05) is 17.6 Å². The van der Waals surface area contributed by atoms with Gasteiger partial charge in [-0.1, -0.05) is 109 Å². The van der Waals surface area contributed by atoms with Crippen molar-refractivity contribution >= 4 is 65.3 Å². The summed E-state index contributed by atoms with van der Waals surface area (Å²) in [6.07, 6.45) is 0. The van der Waals surface area contributed by atoms with E-state index in [1.165, 1.54) is 31.8 Å². The second-order valence-corrected chi connectivity index (χ2v) is 13.9. The molecule has 3 heteroatoms. The van der Waals surface area contributed by atoms with Crippen molar-refractivity contribution in [1.29, 1.82) is 0 Å². The summed E-state index contributed by atoms with van der Waals surface area (Å²) in [6, 6.07) is 65.0. The number of rotatable bonds is 6. The molecule has 0 bridgehead atoms. The summed E-state index contributed by atoms with van der Waals surface area (Å²) in [5.41, 5.74) is 0. The van der Waals surface area contributed by atoms with E-state index in [2.05, 4.69) is 182 Å². The van der Waals surface area contributed by atoms with Gasteiger partial charge in [-0.25, -0.2) is 0 Å². The fourth-order valence-electron chi connectivity index (χ4n) is 4.63. The standard InChI is InChI=1S/2C18H15P.Ge/c2*1-4-10-16(11-5-1)19(17-12-6-2-7-13-17)18-14-8-3-9-15-18;/h2*1-15H;/p+2. The molecule has 0 saturated carbocycles. The Balaban J connectivity index is 0.000000176. The van der Waals surface area contributed by atoms with Crippen LogP contribution in [0.2, 0.25) is 0 Å². The van der Waals surface area contributed by atoms with E-state index < -0.39 is 15.8 Å². The van der Waals surface area contributed by atoms with E-state index in [1.54, 1.807) is 0 Å². The molecule has 0 spiro atoms. The Labute approximate surface area is 246 Å². The van der Waals surface area contributed by atoms with Gasteiger partial charge in [0.05, 0.1) is 15.8 Å². The second kappa shape index (κ2) is 15.3. The first-order chi connectivity index (χ1) is 18.9. The smallest absolute Gasteiger partial charge is 0.0620 e. The Bertz CT molecular complexity index is 1170. The van der Waals surface area contributed by atoms with Crippen molar-refractivity contribution in [3.8, 4) is 0 Å². The third-order valence-electron chi connectivity index (χ3n) is 6.37. The van der Waals surface area contributed by atoms with Crippen molar-refractivity contribution in [3.05, 3.63) is 182 Å². The molecule has 0 amide bonds. The van der Waals surface area contributed by atoms with Gasteiger partial charge in [-0.05, 0) is 72.8 Å². The van der Waals surface area contributed by atoms with Gasteiger partial charge in [-0.2, -0.15) is 0 Å². The van der Waals surface area contributed by atoms with E-state index in [0.29, 0.717) is 0 Å². The summed E-state index contributed by atoms with van der Waals surface area (Å²) < 4.78 is 0. The Morgan fingerprint density at radius 3 is 0.462 bits per heavy atom. The molecule has 0 aliphatic rings. The molecule has 0 aliphatic heterocycles. The molecule has 6 aromatic carbocycles. The molecule has 188 valence electrons. The Kier molecular flexibility index (Phi) is 11.3. The SMILES string of the molecule is [Ge].c1ccc([PH+](c2ccccc2)c2ccccc2)cc1.c1ccc([PH+](c2ccccc2)c2ccccc2)cc1. The number of benzene rings is 6. The zero-order valence-corrected chi connectivity index (χ0v) is 25.9. The topological polar surface area (TPSA) is 0 Å². The maximum absolute atomic E-state index is 2.24. The van der Waals surface area contributed by atoms with Crippen LogP contribution in [0.4, 0.5) is 0 Å². The van der Waals surface area contributed by atoms with Crippen molar-refractivity contribution in [2.45, 2.75) is 0 Å². The van der Waals surface area contributed by atoms with Crippen molar-refractivity contribution < 1.29 is 0 Å². The van der Waals surface area contributed by atoms with Gasteiger partial charge in [-0.3, -0.25) is 0 Å². The van der Waals surface area contributed by atoms with Crippen molar-refractivity contribution in [3.63, 3.8) is 0 Å². The first kappa shape index (κ1) is 28.7. The molecule has 0 heterocycles. The molecule has 0 saturated heterocycles. The first-order valence-corrected chi connectivity index (χ1v) is 16.0. The molecule has 0 nitrogen and oxygen atoms in total. The molecule has 6 rings (SSSR count). The van der Waals surface area contributed by atoms with E-state index in [1.807, 2.05) is 0 Å². The molecular weight excluding hydrogens is 567 g/mol. The molecule has 0 N–H and O–H groups in total. The van der Waals surface area contributed by atoms with Crippen LogP contribution in [0, 0.1) is 0 Å². The third-order valence-corrected chi connectivity index (χ3v) is 11.8. The minimum absolute atomic E-state index is 0. The summed E-state index contributed by atoms with van der Waals surface area (Å²) in [4.78, 5) is 0. The molecule has 0 fully saturated rings. The number of hydrogen-bond donors (Lipinski definition) is 0. The van der Waals surface area contributed by atoms with Crippen LogP contribution in [0.5, 0.6) is 0 Å². The van der Waals surface area contributed by atoms with Gasteiger partial charge in [0.25, 0.3) is 0 Å². The van der Waals surface area contributed by atoms with E-state index >= 15 is 0 Å². The molecule has 0 unspecified atom stereocenters. The van der Waals surface area contributed by atoms with Crippen LogP contribution in [0.25, 0.3) is 0 Å². The molecule has 0 aromatic heterocycles. The van der Waals surface area contributed by atoms with E-state index in [4.69, 9.17) is 0 Å². The first-order valence-electron chi connectivity index (χ1n) is 13.0. The molecule has 39 heavy (non-hydrogen) atoms. The summed E-state index contributed by atoms with van der Waals surface area (Å²) >= 11 is 0. The van der Waals surface area contributed by atoms with Gasteiger partial charge in [-0.15, -0.1) is 0 Å². The van der Waals surface area contributed by atoms with Crippen molar-refractivity contribution in [2.75, 3.05) is 0 Å². The fraction of sp³-hybridized carbons (Fsp3) is 0. The predicted octanol–water partition coefficient (Wildman–Crippen LogP) is 5.97. The van der Waals surface area contributed by atoms with Crippen LogP contribution in [0.3, 0.4) is 0 Å². The number of hydrogen-bond acceptors (Lipinski definition) is 0. The summed E-state index contributed by atoms with van der Waals surface area (Å²) in [5.74, 6) is 0. The van der Waals surface area contributed by atoms with Gasteiger partial charge < -0.3 is 0 Å². The van der Waals surface area contributed by atoms with Crippen LogP contribution in [0.1, 0.15) is 0 Å². The Hall–Kier alpha value is -3.28. The third kappa shape index (κ3) is 7.87. The maximum atomic E-state index is 2.24. The average Bonchev–Trinajstić information content (AvgIpc) is 3.01. The molecule has 6 aromatic rings. The zero-order chi connectivity index (χ0) is 25.8. The van der Waals surface area contributed by atoms with Gasteiger partial charge >= 0.3 is 0 Å². The van der Waals surface area contributed by atoms with Crippen LogP contribution in [-0.4, -0.2) is 17.6 Å². The average molecular weight is 599 g/mol. The van der Waals surface area contributed by atoms with E-state index in [0.717, 1.165) is 0 Å². The normalized spacial score (nSPS) is 10.3. The minimum Gasteiger partial charge on any atom is -0.0620 e. The van der Waals surface area contributed by atoms with E-state index in [9.17, 15) is 0 Å². The van der Waals surface area contributed by atoms with Crippen LogP contribution < -0.4 is 31.8 Å². The van der Waals surface area contributed by atoms with Gasteiger partial charge in [0.1, 0.15) is 31.8 Å². The Morgan fingerprint density at radius 1 is 0.205 bits per heavy atom. The van der Waals surface area contributed by atoms with Crippen LogP contribution >= 0.6 is 15.8 Å². The fourth-order valence-corrected chi connectivity index (χ4v) is 9.78. The predicted molar refractivity (Wildman–Crippen MR) is 179 cm³/mol. The van der Waals surface area contributed by atoms with Gasteiger partial charge in [0.2, 0.25) is 0 Å². The monoisotopic (exact) mass is 600 g/mol. The summed E-state index contributed by atoms with van der Waals surface area (Å²) in [6.45, 7) is 0. The zero-order valence-electron chi connectivity index (χ0n) is 21.8. The quantitative estimate of drug-likeness (QED) is 0.164. The second-order valence-electron chi connectivity index (χ2n) is 8.95. The largest absolute Gasteiger partial charge is 0.102 e.